The maximum atomic E-state index is 6.24. The third-order valence-corrected chi connectivity index (χ3v) is 3.96. The quantitative estimate of drug-likeness (QED) is 0.816. The van der Waals surface area contributed by atoms with Crippen molar-refractivity contribution in [3.63, 3.8) is 0 Å². The first kappa shape index (κ1) is 15.4. The molecule has 0 unspecified atom stereocenters. The lowest BCUT2D eigenvalue weighted by atomic mass is 10.2. The lowest BCUT2D eigenvalue weighted by Gasteiger charge is -2.13. The molecule has 2 rings (SSSR count). The van der Waals surface area contributed by atoms with Crippen molar-refractivity contribution in [3.05, 3.63) is 51.5 Å². The molecule has 20 heavy (non-hydrogen) atoms. The minimum absolute atomic E-state index is 0.646. The normalized spacial score (nSPS) is 11.0. The van der Waals surface area contributed by atoms with Crippen LogP contribution >= 0.6 is 23.2 Å². The molecule has 0 saturated heterocycles. The van der Waals surface area contributed by atoms with Crippen LogP contribution in [0.1, 0.15) is 30.4 Å². The van der Waals surface area contributed by atoms with Crippen molar-refractivity contribution in [1.82, 2.24) is 14.9 Å². The molecule has 1 aromatic heterocycles. The highest BCUT2D eigenvalue weighted by atomic mass is 35.5. The first-order chi connectivity index (χ1) is 9.63. The van der Waals surface area contributed by atoms with Gasteiger partial charge in [-0.2, -0.15) is 0 Å². The Kier molecular flexibility index (Phi) is 5.46. The summed E-state index contributed by atoms with van der Waals surface area (Å²) in [5.74, 6) is 0.967. The fraction of sp³-hybridized carbons (Fsp3) is 0.400. The Morgan fingerprint density at radius 1 is 1.25 bits per heavy atom. The number of halogens is 2. The van der Waals surface area contributed by atoms with Crippen molar-refractivity contribution in [2.75, 3.05) is 6.54 Å². The van der Waals surface area contributed by atoms with E-state index in [-0.39, 0.29) is 0 Å². The van der Waals surface area contributed by atoms with Gasteiger partial charge in [-0.15, -0.1) is 0 Å². The van der Waals surface area contributed by atoms with Crippen LogP contribution < -0.4 is 5.32 Å². The minimum Gasteiger partial charge on any atom is -0.326 e. The number of hydrogen-bond donors (Lipinski definition) is 1. The lowest BCUT2D eigenvalue weighted by molar-refractivity contribution is 0.623. The fourth-order valence-electron chi connectivity index (χ4n) is 2.11. The van der Waals surface area contributed by atoms with Crippen LogP contribution in [0.5, 0.6) is 0 Å². The summed E-state index contributed by atoms with van der Waals surface area (Å²) in [4.78, 5) is 4.39. The van der Waals surface area contributed by atoms with Gasteiger partial charge in [-0.25, -0.2) is 4.98 Å². The number of imidazole rings is 1. The molecule has 0 radical (unpaired) electrons. The molecule has 0 aliphatic heterocycles. The third kappa shape index (κ3) is 3.54. The first-order valence-electron chi connectivity index (χ1n) is 6.78. The second-order valence-corrected chi connectivity index (χ2v) is 5.57. The van der Waals surface area contributed by atoms with Crippen molar-refractivity contribution in [1.29, 1.82) is 0 Å². The molecule has 0 bridgehead atoms. The number of rotatable bonds is 6. The van der Waals surface area contributed by atoms with Gasteiger partial charge in [0.1, 0.15) is 5.82 Å². The van der Waals surface area contributed by atoms with Gasteiger partial charge in [-0.3, -0.25) is 0 Å². The highest BCUT2D eigenvalue weighted by Crippen LogP contribution is 2.26. The summed E-state index contributed by atoms with van der Waals surface area (Å²) in [6.07, 6.45) is 3.02. The number of benzene rings is 1. The second-order valence-electron chi connectivity index (χ2n) is 4.76. The largest absolute Gasteiger partial charge is 0.326 e. The minimum atomic E-state index is 0.646. The van der Waals surface area contributed by atoms with Crippen molar-refractivity contribution in [3.8, 4) is 0 Å². The predicted molar refractivity (Wildman–Crippen MR) is 84.5 cm³/mol. The lowest BCUT2D eigenvalue weighted by Crippen LogP contribution is -2.17. The van der Waals surface area contributed by atoms with Crippen molar-refractivity contribution >= 4 is 23.2 Å². The molecule has 108 valence electrons. The maximum Gasteiger partial charge on any atom is 0.106 e. The molecule has 0 aliphatic rings. The van der Waals surface area contributed by atoms with Crippen LogP contribution in [0.25, 0.3) is 0 Å². The average Bonchev–Trinajstić information content (AvgIpc) is 2.76. The molecule has 5 heteroatoms. The summed E-state index contributed by atoms with van der Waals surface area (Å²) in [5, 5.41) is 4.78. The average molecular weight is 312 g/mol. The standard InChI is InChI=1S/C15H19Cl2N3/c1-3-7-18-8-12-9-19-11(2)20(12)10-13-14(16)5-4-6-15(13)17/h4-6,9,18H,3,7-8,10H2,1-2H3. The molecular formula is C15H19Cl2N3. The Bertz CT molecular complexity index is 558. The molecular weight excluding hydrogens is 293 g/mol. The summed E-state index contributed by atoms with van der Waals surface area (Å²) in [6, 6.07) is 5.59. The van der Waals surface area contributed by atoms with E-state index in [1.165, 1.54) is 0 Å². The molecule has 2 aromatic rings. The van der Waals surface area contributed by atoms with E-state index in [0.29, 0.717) is 16.6 Å². The number of aryl methyl sites for hydroxylation is 1. The molecule has 1 heterocycles. The van der Waals surface area contributed by atoms with Gasteiger partial charge in [-0.1, -0.05) is 36.2 Å². The van der Waals surface area contributed by atoms with Gasteiger partial charge >= 0.3 is 0 Å². The zero-order valence-electron chi connectivity index (χ0n) is 11.8. The molecule has 0 amide bonds. The molecule has 1 N–H and O–H groups in total. The van der Waals surface area contributed by atoms with Crippen LogP contribution in [0.4, 0.5) is 0 Å². The Morgan fingerprint density at radius 2 is 1.95 bits per heavy atom. The Hall–Kier alpha value is -1.03. The van der Waals surface area contributed by atoms with Gasteiger partial charge in [-0.05, 0) is 32.0 Å². The van der Waals surface area contributed by atoms with Crippen molar-refractivity contribution in [2.24, 2.45) is 0 Å². The van der Waals surface area contributed by atoms with Gasteiger partial charge < -0.3 is 9.88 Å². The smallest absolute Gasteiger partial charge is 0.106 e. The van der Waals surface area contributed by atoms with Crippen LogP contribution in [-0.2, 0) is 13.1 Å². The van der Waals surface area contributed by atoms with Gasteiger partial charge in [0, 0.05) is 28.4 Å². The van der Waals surface area contributed by atoms with Crippen LogP contribution in [0.2, 0.25) is 10.0 Å². The number of hydrogen-bond acceptors (Lipinski definition) is 2. The van der Waals surface area contributed by atoms with Crippen molar-refractivity contribution < 1.29 is 0 Å². The number of aromatic nitrogens is 2. The topological polar surface area (TPSA) is 29.9 Å². The Balaban J connectivity index is 2.22. The summed E-state index contributed by atoms with van der Waals surface area (Å²) in [5.41, 5.74) is 2.08. The van der Waals surface area contributed by atoms with E-state index in [4.69, 9.17) is 23.2 Å². The van der Waals surface area contributed by atoms with Gasteiger partial charge in [0.15, 0.2) is 0 Å². The zero-order valence-corrected chi connectivity index (χ0v) is 13.3. The highest BCUT2D eigenvalue weighted by molar-refractivity contribution is 6.35. The predicted octanol–water partition coefficient (Wildman–Crippen LogP) is 4.05. The Labute approximate surface area is 129 Å². The van der Waals surface area contributed by atoms with Gasteiger partial charge in [0.2, 0.25) is 0 Å². The number of nitrogens with one attached hydrogen (secondary N) is 1. The van der Waals surface area contributed by atoms with E-state index >= 15 is 0 Å². The van der Waals surface area contributed by atoms with E-state index < -0.39 is 0 Å². The molecule has 3 nitrogen and oxygen atoms in total. The van der Waals surface area contributed by atoms with Gasteiger partial charge in [0.25, 0.3) is 0 Å². The zero-order chi connectivity index (χ0) is 14.5. The molecule has 0 saturated carbocycles. The molecule has 1 aromatic carbocycles. The summed E-state index contributed by atoms with van der Waals surface area (Å²) in [6.45, 7) is 6.59. The molecule has 0 spiro atoms. The Morgan fingerprint density at radius 3 is 2.60 bits per heavy atom. The van der Waals surface area contributed by atoms with E-state index in [2.05, 4.69) is 21.8 Å². The monoisotopic (exact) mass is 311 g/mol. The highest BCUT2D eigenvalue weighted by Gasteiger charge is 2.11. The molecule has 0 fully saturated rings. The second kappa shape index (κ2) is 7.11. The fourth-order valence-corrected chi connectivity index (χ4v) is 2.62. The van der Waals surface area contributed by atoms with Crippen LogP contribution in [0.15, 0.2) is 24.4 Å². The van der Waals surface area contributed by atoms with E-state index in [0.717, 1.165) is 36.6 Å². The first-order valence-corrected chi connectivity index (χ1v) is 7.53. The van der Waals surface area contributed by atoms with Crippen LogP contribution in [0.3, 0.4) is 0 Å². The number of nitrogens with zero attached hydrogens (tertiary/aromatic N) is 2. The summed E-state index contributed by atoms with van der Waals surface area (Å²) < 4.78 is 2.15. The SMILES string of the molecule is CCCNCc1cnc(C)n1Cc1c(Cl)cccc1Cl. The van der Waals surface area contributed by atoms with E-state index in [1.807, 2.05) is 31.3 Å². The van der Waals surface area contributed by atoms with E-state index in [1.54, 1.807) is 0 Å². The third-order valence-electron chi connectivity index (χ3n) is 3.25. The molecule has 0 atom stereocenters. The van der Waals surface area contributed by atoms with Gasteiger partial charge in [0.05, 0.1) is 12.2 Å². The van der Waals surface area contributed by atoms with Crippen molar-refractivity contribution in [2.45, 2.75) is 33.4 Å². The van der Waals surface area contributed by atoms with Crippen LogP contribution in [0, 0.1) is 6.92 Å². The summed E-state index contributed by atoms with van der Waals surface area (Å²) >= 11 is 12.5. The molecule has 0 aliphatic carbocycles. The van der Waals surface area contributed by atoms with E-state index in [9.17, 15) is 0 Å². The summed E-state index contributed by atoms with van der Waals surface area (Å²) in [7, 11) is 0. The maximum absolute atomic E-state index is 6.24. The van der Waals surface area contributed by atoms with Crippen LogP contribution in [-0.4, -0.2) is 16.1 Å².